The molecular formula is C25H28N2O7. The molecule has 9 nitrogen and oxygen atoms in total. The molecule has 0 fully saturated rings. The van der Waals surface area contributed by atoms with Crippen LogP contribution in [-0.2, 0) is 9.59 Å². The smallest absolute Gasteiger partial charge is 0.253 e. The van der Waals surface area contributed by atoms with Crippen molar-refractivity contribution in [1.82, 2.24) is 5.32 Å². The number of nitrogens with one attached hydrogen (secondary N) is 1. The summed E-state index contributed by atoms with van der Waals surface area (Å²) < 4.78 is 26.7. The minimum Gasteiger partial charge on any atom is -0.496 e. The molecule has 0 aliphatic carbocycles. The lowest BCUT2D eigenvalue weighted by atomic mass is 9.99. The van der Waals surface area contributed by atoms with Crippen molar-refractivity contribution >= 4 is 24.0 Å². The van der Waals surface area contributed by atoms with E-state index in [1.807, 2.05) is 6.08 Å². The van der Waals surface area contributed by atoms with Crippen molar-refractivity contribution in [2.75, 3.05) is 42.1 Å². The van der Waals surface area contributed by atoms with Gasteiger partial charge in [-0.15, -0.1) is 0 Å². The largest absolute Gasteiger partial charge is 0.496 e. The van der Waals surface area contributed by atoms with Crippen molar-refractivity contribution in [2.45, 2.75) is 6.42 Å². The Morgan fingerprint density at radius 2 is 1.56 bits per heavy atom. The summed E-state index contributed by atoms with van der Waals surface area (Å²) in [4.78, 5) is 29.0. The summed E-state index contributed by atoms with van der Waals surface area (Å²) in [5.41, 5.74) is 0.705. The third-order valence-electron chi connectivity index (χ3n) is 5.36. The fourth-order valence-corrected chi connectivity index (χ4v) is 3.64. The van der Waals surface area contributed by atoms with Crippen LogP contribution >= 0.6 is 0 Å². The van der Waals surface area contributed by atoms with Crippen LogP contribution in [0.15, 0.2) is 35.3 Å². The van der Waals surface area contributed by atoms with Gasteiger partial charge in [0.1, 0.15) is 16.9 Å². The fourth-order valence-electron chi connectivity index (χ4n) is 3.64. The summed E-state index contributed by atoms with van der Waals surface area (Å²) in [5.74, 6) is 1.50. The van der Waals surface area contributed by atoms with E-state index < -0.39 is 5.92 Å². The average molecular weight is 469 g/mol. The van der Waals surface area contributed by atoms with Gasteiger partial charge in [-0.05, 0) is 42.3 Å². The summed E-state index contributed by atoms with van der Waals surface area (Å²) in [6.45, 7) is 0.294. The predicted octanol–water partition coefficient (Wildman–Crippen LogP) is 1.51. The summed E-state index contributed by atoms with van der Waals surface area (Å²) in [6.07, 6.45) is 5.25. The molecule has 2 aromatic carbocycles. The van der Waals surface area contributed by atoms with Crippen LogP contribution in [0.1, 0.15) is 12.0 Å². The van der Waals surface area contributed by atoms with Crippen molar-refractivity contribution in [3.63, 3.8) is 0 Å². The lowest BCUT2D eigenvalue weighted by Gasteiger charge is -2.15. The minimum atomic E-state index is -0.479. The van der Waals surface area contributed by atoms with E-state index in [4.69, 9.17) is 23.7 Å². The second-order valence-electron chi connectivity index (χ2n) is 7.33. The number of carbonyl (C=O) groups excluding carboxylic acids is 2. The van der Waals surface area contributed by atoms with Crippen LogP contribution < -0.4 is 39.6 Å². The van der Waals surface area contributed by atoms with Gasteiger partial charge in [0.15, 0.2) is 11.5 Å². The summed E-state index contributed by atoms with van der Waals surface area (Å²) >= 11 is 0. The van der Waals surface area contributed by atoms with E-state index in [1.165, 1.54) is 34.5 Å². The van der Waals surface area contributed by atoms with Crippen molar-refractivity contribution in [3.8, 4) is 28.7 Å². The van der Waals surface area contributed by atoms with Crippen LogP contribution in [0.25, 0.3) is 12.2 Å². The van der Waals surface area contributed by atoms with Gasteiger partial charge in [0, 0.05) is 17.8 Å². The number of hydrogen-bond donors (Lipinski definition) is 1. The van der Waals surface area contributed by atoms with E-state index in [0.29, 0.717) is 57.9 Å². The zero-order valence-corrected chi connectivity index (χ0v) is 19.8. The topological polar surface area (TPSA) is 105 Å². The van der Waals surface area contributed by atoms with E-state index in [2.05, 4.69) is 10.3 Å². The molecule has 1 N–H and O–H groups in total. The molecule has 34 heavy (non-hydrogen) atoms. The monoisotopic (exact) mass is 468 g/mol. The van der Waals surface area contributed by atoms with Gasteiger partial charge in [-0.1, -0.05) is 6.08 Å². The van der Waals surface area contributed by atoms with Gasteiger partial charge < -0.3 is 29.0 Å². The number of rotatable bonds is 10. The van der Waals surface area contributed by atoms with E-state index in [0.717, 1.165) is 0 Å². The third-order valence-corrected chi connectivity index (χ3v) is 5.36. The molecule has 1 aliphatic heterocycles. The maximum atomic E-state index is 12.5. The first-order valence-corrected chi connectivity index (χ1v) is 10.6. The Labute approximate surface area is 197 Å². The summed E-state index contributed by atoms with van der Waals surface area (Å²) in [5, 5.41) is 3.96. The molecule has 1 unspecified atom stereocenters. The van der Waals surface area contributed by atoms with Crippen LogP contribution in [0, 0.1) is 5.92 Å². The number of fused-ring (bicyclic) bond motifs is 1. The SMILES string of the molecule is COc1cc(/C=C/C(=O)NCCC2C=c3c(OC)ccc(OC)c3=NC2=O)cc(OC)c1OC. The van der Waals surface area contributed by atoms with Crippen LogP contribution in [-0.4, -0.2) is 53.9 Å². The molecular weight excluding hydrogens is 440 g/mol. The Kier molecular flexibility index (Phi) is 8.13. The van der Waals surface area contributed by atoms with Crippen molar-refractivity contribution in [1.29, 1.82) is 0 Å². The number of methoxy groups -OCH3 is 5. The number of nitrogens with zero attached hydrogens (tertiary/aromatic N) is 1. The first-order chi connectivity index (χ1) is 16.4. The Morgan fingerprint density at radius 1 is 0.941 bits per heavy atom. The van der Waals surface area contributed by atoms with Crippen LogP contribution in [0.4, 0.5) is 0 Å². The molecule has 0 saturated carbocycles. The van der Waals surface area contributed by atoms with Gasteiger partial charge >= 0.3 is 0 Å². The molecule has 0 aromatic heterocycles. The highest BCUT2D eigenvalue weighted by Gasteiger charge is 2.21. The first-order valence-electron chi connectivity index (χ1n) is 10.6. The van der Waals surface area contributed by atoms with E-state index >= 15 is 0 Å². The Hall–Kier alpha value is -4.01. The number of hydrogen-bond acceptors (Lipinski definition) is 7. The highest BCUT2D eigenvalue weighted by Crippen LogP contribution is 2.38. The fraction of sp³-hybridized carbons (Fsp3) is 0.320. The van der Waals surface area contributed by atoms with E-state index in [-0.39, 0.29) is 11.8 Å². The van der Waals surface area contributed by atoms with Crippen LogP contribution in [0.3, 0.4) is 0 Å². The normalized spacial score (nSPS) is 14.5. The zero-order valence-electron chi connectivity index (χ0n) is 19.8. The summed E-state index contributed by atoms with van der Waals surface area (Å²) in [7, 11) is 7.66. The van der Waals surface area contributed by atoms with Crippen molar-refractivity contribution in [2.24, 2.45) is 10.9 Å². The first kappa shape index (κ1) is 24.6. The van der Waals surface area contributed by atoms with E-state index in [1.54, 1.807) is 37.5 Å². The van der Waals surface area contributed by atoms with Gasteiger partial charge in [-0.25, -0.2) is 4.99 Å². The Balaban J connectivity index is 1.66. The predicted molar refractivity (Wildman–Crippen MR) is 126 cm³/mol. The molecule has 0 saturated heterocycles. The lowest BCUT2D eigenvalue weighted by molar-refractivity contribution is -0.121. The van der Waals surface area contributed by atoms with Gasteiger partial charge in [-0.3, -0.25) is 9.59 Å². The number of ether oxygens (including phenoxy) is 5. The molecule has 180 valence electrons. The molecule has 1 aliphatic rings. The standard InChI is InChI=1S/C25H28N2O7/c1-30-18-7-8-19(31-2)23-17(18)14-16(25(29)27-23)10-11-26-22(28)9-6-15-12-20(32-3)24(34-5)21(13-15)33-4/h6-9,12-14,16H,10-11H2,1-5H3,(H,26,28)/b9-6+. The second kappa shape index (κ2) is 11.2. The molecule has 0 radical (unpaired) electrons. The second-order valence-corrected chi connectivity index (χ2v) is 7.33. The maximum Gasteiger partial charge on any atom is 0.253 e. The molecule has 2 amide bonds. The zero-order chi connectivity index (χ0) is 24.7. The lowest BCUT2D eigenvalue weighted by Crippen LogP contribution is -2.37. The molecule has 1 atom stereocenters. The van der Waals surface area contributed by atoms with Crippen LogP contribution in [0.5, 0.6) is 28.7 Å². The molecule has 9 heteroatoms. The highest BCUT2D eigenvalue weighted by atomic mass is 16.5. The maximum absolute atomic E-state index is 12.5. The molecule has 0 spiro atoms. The van der Waals surface area contributed by atoms with Crippen LogP contribution in [0.2, 0.25) is 0 Å². The molecule has 2 aromatic rings. The Morgan fingerprint density at radius 3 is 2.15 bits per heavy atom. The van der Waals surface area contributed by atoms with Gasteiger partial charge in [0.25, 0.3) is 5.91 Å². The number of amides is 2. The molecule has 3 rings (SSSR count). The van der Waals surface area contributed by atoms with Crippen molar-refractivity contribution in [3.05, 3.63) is 46.5 Å². The van der Waals surface area contributed by atoms with E-state index in [9.17, 15) is 9.59 Å². The number of carbonyl (C=O) groups is 2. The highest BCUT2D eigenvalue weighted by molar-refractivity contribution is 5.92. The molecule has 0 bridgehead atoms. The number of benzene rings is 2. The van der Waals surface area contributed by atoms with Gasteiger partial charge in [0.2, 0.25) is 11.7 Å². The van der Waals surface area contributed by atoms with Gasteiger partial charge in [0.05, 0.1) is 41.5 Å². The third kappa shape index (κ3) is 5.31. The quantitative estimate of drug-likeness (QED) is 0.527. The molecule has 1 heterocycles. The summed E-state index contributed by atoms with van der Waals surface area (Å²) in [6, 6.07) is 6.96. The average Bonchev–Trinajstić information content (AvgIpc) is 2.86. The Bertz CT molecular complexity index is 1200. The van der Waals surface area contributed by atoms with Gasteiger partial charge in [-0.2, -0.15) is 0 Å². The van der Waals surface area contributed by atoms with Crippen molar-refractivity contribution < 1.29 is 33.3 Å². The minimum absolute atomic E-state index is 0.290.